The molecule has 2 unspecified atom stereocenters. The summed E-state index contributed by atoms with van der Waals surface area (Å²) in [6, 6.07) is 5.80. The Morgan fingerprint density at radius 1 is 1.30 bits per heavy atom. The Balaban J connectivity index is 1.97. The normalized spacial score (nSPS) is 22.9. The highest BCUT2D eigenvalue weighted by molar-refractivity contribution is 6.31. The van der Waals surface area contributed by atoms with Crippen LogP contribution in [0.25, 0.3) is 11.4 Å². The number of hydrogen-bond donors (Lipinski definition) is 1. The molecule has 0 bridgehead atoms. The van der Waals surface area contributed by atoms with Crippen molar-refractivity contribution < 1.29 is 0 Å². The molecule has 1 saturated carbocycles. The molecule has 0 saturated heterocycles. The van der Waals surface area contributed by atoms with Gasteiger partial charge in [-0.3, -0.25) is 0 Å². The van der Waals surface area contributed by atoms with Gasteiger partial charge in [0.05, 0.1) is 6.04 Å². The van der Waals surface area contributed by atoms with Crippen molar-refractivity contribution in [2.45, 2.75) is 38.6 Å². The molecule has 3 rings (SSSR count). The predicted octanol–water partition coefficient (Wildman–Crippen LogP) is 3.33. The quantitative estimate of drug-likeness (QED) is 0.862. The molecule has 2 atom stereocenters. The second kappa shape index (κ2) is 5.40. The minimum Gasteiger partial charge on any atom is -0.399 e. The van der Waals surface area contributed by atoms with Crippen LogP contribution >= 0.6 is 11.6 Å². The highest BCUT2D eigenvalue weighted by Gasteiger charge is 2.24. The van der Waals surface area contributed by atoms with E-state index >= 15 is 0 Å². The van der Waals surface area contributed by atoms with Crippen molar-refractivity contribution in [3.05, 3.63) is 23.2 Å². The molecule has 1 fully saturated rings. The second-order valence-electron chi connectivity index (χ2n) is 5.65. The van der Waals surface area contributed by atoms with Gasteiger partial charge < -0.3 is 5.73 Å². The van der Waals surface area contributed by atoms with Crippen LogP contribution in [0.1, 0.15) is 38.6 Å². The summed E-state index contributed by atoms with van der Waals surface area (Å²) in [5.41, 5.74) is 7.35. The fourth-order valence-corrected chi connectivity index (χ4v) is 3.24. The fraction of sp³-hybridized carbons (Fsp3) is 0.500. The number of aromatic nitrogens is 4. The second-order valence-corrected chi connectivity index (χ2v) is 6.08. The summed E-state index contributed by atoms with van der Waals surface area (Å²) >= 11 is 6.07. The van der Waals surface area contributed by atoms with Crippen molar-refractivity contribution in [1.82, 2.24) is 20.2 Å². The van der Waals surface area contributed by atoms with Crippen LogP contribution in [0, 0.1) is 5.92 Å². The third-order valence-corrected chi connectivity index (χ3v) is 4.14. The van der Waals surface area contributed by atoms with Crippen LogP contribution in [0.5, 0.6) is 0 Å². The Labute approximate surface area is 123 Å². The number of tetrazole rings is 1. The number of nitrogens with zero attached hydrogens (tertiary/aromatic N) is 4. The van der Waals surface area contributed by atoms with Crippen LogP contribution in [-0.4, -0.2) is 20.2 Å². The minimum atomic E-state index is 0.365. The molecule has 5 nitrogen and oxygen atoms in total. The zero-order valence-electron chi connectivity index (χ0n) is 11.5. The van der Waals surface area contributed by atoms with E-state index < -0.39 is 0 Å². The summed E-state index contributed by atoms with van der Waals surface area (Å²) in [7, 11) is 0. The van der Waals surface area contributed by atoms with E-state index in [-0.39, 0.29) is 0 Å². The zero-order chi connectivity index (χ0) is 14.1. The molecule has 1 aliphatic carbocycles. The maximum atomic E-state index is 6.07. The first kappa shape index (κ1) is 13.4. The highest BCUT2D eigenvalue weighted by Crippen LogP contribution is 2.34. The van der Waals surface area contributed by atoms with E-state index in [1.165, 1.54) is 12.8 Å². The first-order chi connectivity index (χ1) is 9.63. The molecular formula is C14H18ClN5. The van der Waals surface area contributed by atoms with Gasteiger partial charge >= 0.3 is 0 Å². The Hall–Kier alpha value is -1.62. The van der Waals surface area contributed by atoms with Gasteiger partial charge in [0.15, 0.2) is 5.82 Å². The van der Waals surface area contributed by atoms with E-state index in [1.807, 2.05) is 16.8 Å². The number of halogens is 1. The van der Waals surface area contributed by atoms with E-state index in [0.29, 0.717) is 16.8 Å². The molecule has 2 aromatic rings. The summed E-state index contributed by atoms with van der Waals surface area (Å²) in [6.45, 7) is 2.29. The molecule has 1 aromatic heterocycles. The van der Waals surface area contributed by atoms with E-state index in [4.69, 9.17) is 17.3 Å². The molecule has 1 aromatic carbocycles. The third-order valence-electron chi connectivity index (χ3n) is 3.93. The number of rotatable bonds is 2. The van der Waals surface area contributed by atoms with Crippen molar-refractivity contribution in [1.29, 1.82) is 0 Å². The van der Waals surface area contributed by atoms with Crippen LogP contribution in [0.15, 0.2) is 18.2 Å². The zero-order valence-corrected chi connectivity index (χ0v) is 12.2. The lowest BCUT2D eigenvalue weighted by Crippen LogP contribution is -2.19. The van der Waals surface area contributed by atoms with Gasteiger partial charge in [-0.25, -0.2) is 4.68 Å². The standard InChI is InChI=1S/C14H18ClN5/c1-9-3-2-4-13(5-9)20-14(17-18-19-20)10-6-11(15)8-12(16)7-10/h6-9,13H,2-5,16H2,1H3. The fourth-order valence-electron chi connectivity index (χ4n) is 3.00. The van der Waals surface area contributed by atoms with E-state index in [0.717, 1.165) is 30.1 Å². The van der Waals surface area contributed by atoms with E-state index in [1.54, 1.807) is 6.07 Å². The van der Waals surface area contributed by atoms with Crippen LogP contribution < -0.4 is 5.73 Å². The molecule has 106 valence electrons. The van der Waals surface area contributed by atoms with Gasteiger partial charge in [0.25, 0.3) is 0 Å². The van der Waals surface area contributed by atoms with Crippen LogP contribution in [-0.2, 0) is 0 Å². The summed E-state index contributed by atoms with van der Waals surface area (Å²) < 4.78 is 1.93. The molecular weight excluding hydrogens is 274 g/mol. The Bertz CT molecular complexity index is 589. The Morgan fingerprint density at radius 2 is 2.15 bits per heavy atom. The molecule has 0 aliphatic heterocycles. The lowest BCUT2D eigenvalue weighted by atomic mass is 9.87. The monoisotopic (exact) mass is 291 g/mol. The van der Waals surface area contributed by atoms with Crippen LogP contribution in [0.3, 0.4) is 0 Å². The predicted molar refractivity (Wildman–Crippen MR) is 79.3 cm³/mol. The van der Waals surface area contributed by atoms with Crippen molar-refractivity contribution in [3.8, 4) is 11.4 Å². The van der Waals surface area contributed by atoms with Gasteiger partial charge in [0.1, 0.15) is 0 Å². The first-order valence-electron chi connectivity index (χ1n) is 6.98. The molecule has 6 heteroatoms. The van der Waals surface area contributed by atoms with E-state index in [9.17, 15) is 0 Å². The number of benzene rings is 1. The lowest BCUT2D eigenvalue weighted by Gasteiger charge is -2.27. The molecule has 0 amide bonds. The molecule has 1 aliphatic rings. The minimum absolute atomic E-state index is 0.365. The molecule has 2 N–H and O–H groups in total. The Morgan fingerprint density at radius 3 is 2.90 bits per heavy atom. The van der Waals surface area contributed by atoms with Gasteiger partial charge in [-0.05, 0) is 47.4 Å². The maximum absolute atomic E-state index is 6.07. The van der Waals surface area contributed by atoms with Gasteiger partial charge in [-0.1, -0.05) is 31.4 Å². The van der Waals surface area contributed by atoms with Crippen LogP contribution in [0.2, 0.25) is 5.02 Å². The smallest absolute Gasteiger partial charge is 0.182 e. The number of hydrogen-bond acceptors (Lipinski definition) is 4. The van der Waals surface area contributed by atoms with Gasteiger partial charge in [0, 0.05) is 16.3 Å². The van der Waals surface area contributed by atoms with Gasteiger partial charge in [-0.2, -0.15) is 0 Å². The number of anilines is 1. The van der Waals surface area contributed by atoms with E-state index in [2.05, 4.69) is 22.4 Å². The molecule has 0 radical (unpaired) electrons. The average molecular weight is 292 g/mol. The van der Waals surface area contributed by atoms with Gasteiger partial charge in [0.2, 0.25) is 0 Å². The number of nitrogens with two attached hydrogens (primary N) is 1. The highest BCUT2D eigenvalue weighted by atomic mass is 35.5. The van der Waals surface area contributed by atoms with Gasteiger partial charge in [-0.15, -0.1) is 5.10 Å². The molecule has 20 heavy (non-hydrogen) atoms. The first-order valence-corrected chi connectivity index (χ1v) is 7.35. The molecule has 1 heterocycles. The van der Waals surface area contributed by atoms with Crippen LogP contribution in [0.4, 0.5) is 5.69 Å². The molecule has 0 spiro atoms. The maximum Gasteiger partial charge on any atom is 0.182 e. The summed E-state index contributed by atoms with van der Waals surface area (Å²) in [4.78, 5) is 0. The number of nitrogen functional groups attached to an aromatic ring is 1. The summed E-state index contributed by atoms with van der Waals surface area (Å²) in [5, 5.41) is 12.8. The van der Waals surface area contributed by atoms with Crippen molar-refractivity contribution in [2.24, 2.45) is 5.92 Å². The average Bonchev–Trinajstić information content (AvgIpc) is 2.86. The summed E-state index contributed by atoms with van der Waals surface area (Å²) in [6.07, 6.45) is 4.76. The third kappa shape index (κ3) is 2.63. The van der Waals surface area contributed by atoms with Crippen molar-refractivity contribution in [2.75, 3.05) is 5.73 Å². The SMILES string of the molecule is CC1CCCC(n2nnnc2-c2cc(N)cc(Cl)c2)C1. The van der Waals surface area contributed by atoms with Crippen molar-refractivity contribution >= 4 is 17.3 Å². The summed E-state index contributed by atoms with van der Waals surface area (Å²) in [5.74, 6) is 1.47. The topological polar surface area (TPSA) is 69.6 Å². The lowest BCUT2D eigenvalue weighted by molar-refractivity contribution is 0.265. The Kier molecular flexibility index (Phi) is 3.61. The van der Waals surface area contributed by atoms with Crippen molar-refractivity contribution in [3.63, 3.8) is 0 Å². The largest absolute Gasteiger partial charge is 0.399 e.